The highest BCUT2D eigenvalue weighted by molar-refractivity contribution is 5.39. The molecule has 1 aromatic heterocycles. The molecular weight excluding hydrogens is 270 g/mol. The maximum Gasteiger partial charge on any atom is 0.322 e. The van der Waals surface area contributed by atoms with Crippen LogP contribution in [0.5, 0.6) is 6.01 Å². The van der Waals surface area contributed by atoms with E-state index in [1.165, 1.54) is 25.8 Å². The van der Waals surface area contributed by atoms with E-state index >= 15 is 0 Å². The third-order valence-corrected chi connectivity index (χ3v) is 4.36. The number of hydrogen-bond acceptors (Lipinski definition) is 8. The number of piperidine rings is 1. The monoisotopic (exact) mass is 293 g/mol. The van der Waals surface area contributed by atoms with Gasteiger partial charge in [-0.2, -0.15) is 15.0 Å². The Kier molecular flexibility index (Phi) is 4.07. The molecule has 3 rings (SSSR count). The molecule has 2 fully saturated rings. The Balaban J connectivity index is 1.85. The van der Waals surface area contributed by atoms with Gasteiger partial charge in [-0.3, -0.25) is 10.3 Å². The van der Waals surface area contributed by atoms with Crippen molar-refractivity contribution in [2.75, 3.05) is 37.1 Å². The van der Waals surface area contributed by atoms with Gasteiger partial charge in [0.1, 0.15) is 0 Å². The van der Waals surface area contributed by atoms with E-state index < -0.39 is 0 Å². The van der Waals surface area contributed by atoms with Crippen LogP contribution in [-0.2, 0) is 0 Å². The molecule has 0 saturated carbocycles. The number of hydrazine groups is 1. The summed E-state index contributed by atoms with van der Waals surface area (Å²) < 4.78 is 5.14. The van der Waals surface area contributed by atoms with Crippen LogP contribution in [0.4, 0.5) is 11.9 Å². The summed E-state index contributed by atoms with van der Waals surface area (Å²) in [6.07, 6.45) is 3.86. The number of anilines is 2. The van der Waals surface area contributed by atoms with Gasteiger partial charge in [-0.15, -0.1) is 0 Å². The second-order valence-corrected chi connectivity index (χ2v) is 5.74. The number of fused-ring (bicyclic) bond motifs is 1. The topological polar surface area (TPSA) is 92.4 Å². The quantitative estimate of drug-likeness (QED) is 0.604. The van der Waals surface area contributed by atoms with E-state index in [0.29, 0.717) is 24.0 Å². The Bertz CT molecular complexity index is 475. The van der Waals surface area contributed by atoms with Crippen molar-refractivity contribution in [3.05, 3.63) is 0 Å². The lowest BCUT2D eigenvalue weighted by Crippen LogP contribution is -2.59. The van der Waals surface area contributed by atoms with Crippen LogP contribution in [0.2, 0.25) is 0 Å². The number of rotatable bonds is 3. The summed E-state index contributed by atoms with van der Waals surface area (Å²) in [4.78, 5) is 17.6. The molecule has 0 aromatic carbocycles. The van der Waals surface area contributed by atoms with Crippen LogP contribution < -0.4 is 20.9 Å². The summed E-state index contributed by atoms with van der Waals surface area (Å²) in [6.45, 7) is 5.40. The Labute approximate surface area is 124 Å². The van der Waals surface area contributed by atoms with Crippen LogP contribution in [0.3, 0.4) is 0 Å². The van der Waals surface area contributed by atoms with Crippen molar-refractivity contribution in [3.8, 4) is 6.01 Å². The van der Waals surface area contributed by atoms with Crippen molar-refractivity contribution in [2.24, 2.45) is 5.84 Å². The largest absolute Gasteiger partial charge is 0.467 e. The SMILES string of the molecule is COc1nc(NN)nc(N2CC3CCCCN3CC2C)n1. The Morgan fingerprint density at radius 1 is 1.24 bits per heavy atom. The van der Waals surface area contributed by atoms with E-state index in [4.69, 9.17) is 10.6 Å². The fourth-order valence-electron chi connectivity index (χ4n) is 3.26. The number of nitrogen functional groups attached to an aromatic ring is 1. The van der Waals surface area contributed by atoms with Gasteiger partial charge < -0.3 is 9.64 Å². The van der Waals surface area contributed by atoms with Crippen LogP contribution in [0.15, 0.2) is 0 Å². The van der Waals surface area contributed by atoms with Gasteiger partial charge in [-0.05, 0) is 26.3 Å². The summed E-state index contributed by atoms with van der Waals surface area (Å²) in [7, 11) is 1.54. The van der Waals surface area contributed by atoms with Gasteiger partial charge in [-0.1, -0.05) is 6.42 Å². The maximum absolute atomic E-state index is 5.43. The lowest BCUT2D eigenvalue weighted by molar-refractivity contribution is 0.114. The van der Waals surface area contributed by atoms with Gasteiger partial charge in [0.05, 0.1) is 7.11 Å². The van der Waals surface area contributed by atoms with Gasteiger partial charge in [0.25, 0.3) is 0 Å². The number of aromatic nitrogens is 3. The highest BCUT2D eigenvalue weighted by Crippen LogP contribution is 2.27. The molecule has 0 amide bonds. The van der Waals surface area contributed by atoms with E-state index in [2.05, 4.69) is 37.1 Å². The first-order valence-corrected chi connectivity index (χ1v) is 7.48. The number of ether oxygens (including phenoxy) is 1. The number of nitrogens with one attached hydrogen (secondary N) is 1. The molecule has 21 heavy (non-hydrogen) atoms. The zero-order valence-electron chi connectivity index (χ0n) is 12.6. The molecule has 2 saturated heterocycles. The maximum atomic E-state index is 5.43. The van der Waals surface area contributed by atoms with Gasteiger partial charge >= 0.3 is 6.01 Å². The van der Waals surface area contributed by atoms with Crippen molar-refractivity contribution < 1.29 is 4.74 Å². The third-order valence-electron chi connectivity index (χ3n) is 4.36. The molecule has 2 atom stereocenters. The number of nitrogens with zero attached hydrogens (tertiary/aromatic N) is 5. The van der Waals surface area contributed by atoms with Crippen molar-refractivity contribution in [1.29, 1.82) is 0 Å². The van der Waals surface area contributed by atoms with Crippen molar-refractivity contribution in [3.63, 3.8) is 0 Å². The van der Waals surface area contributed by atoms with E-state index in [-0.39, 0.29) is 6.01 Å². The molecule has 0 radical (unpaired) electrons. The van der Waals surface area contributed by atoms with Crippen LogP contribution in [-0.4, -0.2) is 58.7 Å². The average Bonchev–Trinajstić information content (AvgIpc) is 2.53. The molecule has 2 aliphatic heterocycles. The van der Waals surface area contributed by atoms with E-state index in [1.807, 2.05) is 0 Å². The highest BCUT2D eigenvalue weighted by atomic mass is 16.5. The van der Waals surface area contributed by atoms with Crippen LogP contribution in [0.1, 0.15) is 26.2 Å². The molecule has 8 nitrogen and oxygen atoms in total. The standard InChI is InChI=1S/C13H23N7O/c1-9-7-19-6-4-3-5-10(19)8-20(9)12-15-11(18-14)16-13(17-12)21-2/h9-10H,3-8,14H2,1-2H3,(H,15,16,17,18). The van der Waals surface area contributed by atoms with Gasteiger partial charge in [0.15, 0.2) is 0 Å². The van der Waals surface area contributed by atoms with Crippen LogP contribution in [0.25, 0.3) is 0 Å². The summed E-state index contributed by atoms with van der Waals surface area (Å²) in [5.41, 5.74) is 2.47. The van der Waals surface area contributed by atoms with E-state index in [9.17, 15) is 0 Å². The lowest BCUT2D eigenvalue weighted by Gasteiger charge is -2.47. The minimum absolute atomic E-state index is 0.284. The highest BCUT2D eigenvalue weighted by Gasteiger charge is 2.34. The average molecular weight is 293 g/mol. The minimum atomic E-state index is 0.284. The van der Waals surface area contributed by atoms with Gasteiger partial charge in [0, 0.05) is 25.2 Å². The third kappa shape index (κ3) is 2.86. The van der Waals surface area contributed by atoms with Crippen molar-refractivity contribution in [2.45, 2.75) is 38.3 Å². The molecule has 3 N–H and O–H groups in total. The van der Waals surface area contributed by atoms with E-state index in [0.717, 1.165) is 13.1 Å². The first-order chi connectivity index (χ1) is 10.2. The van der Waals surface area contributed by atoms with Gasteiger partial charge in [-0.25, -0.2) is 5.84 Å². The van der Waals surface area contributed by atoms with Crippen LogP contribution >= 0.6 is 0 Å². The van der Waals surface area contributed by atoms with E-state index in [1.54, 1.807) is 7.11 Å². The molecule has 3 heterocycles. The van der Waals surface area contributed by atoms with Crippen LogP contribution in [0, 0.1) is 0 Å². The second-order valence-electron chi connectivity index (χ2n) is 5.74. The number of hydrogen-bond donors (Lipinski definition) is 2. The predicted molar refractivity (Wildman–Crippen MR) is 80.2 cm³/mol. The predicted octanol–water partition coefficient (Wildman–Crippen LogP) is 0.229. The van der Waals surface area contributed by atoms with Gasteiger partial charge in [0.2, 0.25) is 11.9 Å². The zero-order valence-corrected chi connectivity index (χ0v) is 12.6. The second kappa shape index (κ2) is 5.98. The summed E-state index contributed by atoms with van der Waals surface area (Å²) in [5.74, 6) is 6.39. The number of nitrogens with two attached hydrogens (primary N) is 1. The summed E-state index contributed by atoms with van der Waals surface area (Å²) >= 11 is 0. The molecule has 2 unspecified atom stereocenters. The fourth-order valence-corrected chi connectivity index (χ4v) is 3.26. The number of methoxy groups -OCH3 is 1. The molecule has 2 aliphatic rings. The Morgan fingerprint density at radius 3 is 2.86 bits per heavy atom. The normalized spacial score (nSPS) is 26.3. The zero-order chi connectivity index (χ0) is 14.8. The molecule has 0 aliphatic carbocycles. The minimum Gasteiger partial charge on any atom is -0.467 e. The molecule has 0 spiro atoms. The Hall–Kier alpha value is -1.67. The first-order valence-electron chi connectivity index (χ1n) is 7.48. The fraction of sp³-hybridized carbons (Fsp3) is 0.769. The molecule has 0 bridgehead atoms. The number of piperazine rings is 1. The molecular formula is C13H23N7O. The van der Waals surface area contributed by atoms with Crippen molar-refractivity contribution in [1.82, 2.24) is 19.9 Å². The lowest BCUT2D eigenvalue weighted by atomic mass is 9.97. The van der Waals surface area contributed by atoms with Crippen molar-refractivity contribution >= 4 is 11.9 Å². The molecule has 1 aromatic rings. The smallest absolute Gasteiger partial charge is 0.322 e. The summed E-state index contributed by atoms with van der Waals surface area (Å²) in [6, 6.07) is 1.23. The summed E-state index contributed by atoms with van der Waals surface area (Å²) in [5, 5.41) is 0. The Morgan fingerprint density at radius 2 is 2.10 bits per heavy atom. The molecule has 8 heteroatoms. The first kappa shape index (κ1) is 14.3. The molecule has 116 valence electrons.